The molecule has 0 fully saturated rings. The van der Waals surface area contributed by atoms with Gasteiger partial charge in [0, 0.05) is 5.56 Å². The molecule has 0 aliphatic rings. The number of oxime groups is 1. The van der Waals surface area contributed by atoms with Crippen LogP contribution in [0.1, 0.15) is 5.56 Å². The number of nitrogens with zero attached hydrogens (tertiary/aromatic N) is 1. The molecule has 66 valence electrons. The third-order valence-electron chi connectivity index (χ3n) is 1.34. The number of para-hydroxylation sites is 1. The predicted octanol–water partition coefficient (Wildman–Crippen LogP) is 1.67. The van der Waals surface area contributed by atoms with Crippen LogP contribution in [0.25, 0.3) is 0 Å². The Bertz CT molecular complexity index is 261. The van der Waals surface area contributed by atoms with Gasteiger partial charge in [-0.05, 0) is 12.1 Å². The fourth-order valence-electron chi connectivity index (χ4n) is 0.835. The molecule has 0 saturated heterocycles. The van der Waals surface area contributed by atoms with Crippen molar-refractivity contribution < 1.29 is 9.94 Å². The number of benzene rings is 1. The van der Waals surface area contributed by atoms with E-state index >= 15 is 0 Å². The van der Waals surface area contributed by atoms with E-state index in [-0.39, 0.29) is 6.15 Å². The summed E-state index contributed by atoms with van der Waals surface area (Å²) in [6.45, 7) is 0. The monoisotopic (exact) mass is 168 g/mol. The lowest BCUT2D eigenvalue weighted by Gasteiger charge is -2.01. The third-order valence-corrected chi connectivity index (χ3v) is 1.34. The molecule has 1 rings (SSSR count). The van der Waals surface area contributed by atoms with Gasteiger partial charge in [-0.3, -0.25) is 0 Å². The lowest BCUT2D eigenvalue weighted by atomic mass is 10.2. The molecule has 0 saturated carbocycles. The van der Waals surface area contributed by atoms with E-state index in [1.54, 1.807) is 19.2 Å². The molecule has 0 atom stereocenters. The third kappa shape index (κ3) is 2.25. The fraction of sp³-hybridized carbons (Fsp3) is 0.125. The molecule has 0 spiro atoms. The topological polar surface area (TPSA) is 76.8 Å². The molecular formula is C8H12N2O2. The zero-order valence-corrected chi connectivity index (χ0v) is 6.90. The molecule has 0 unspecified atom stereocenters. The second-order valence-corrected chi connectivity index (χ2v) is 1.99. The van der Waals surface area contributed by atoms with E-state index in [2.05, 4.69) is 5.16 Å². The summed E-state index contributed by atoms with van der Waals surface area (Å²) in [5.74, 6) is 0.699. The van der Waals surface area contributed by atoms with Crippen LogP contribution in [0.5, 0.6) is 5.75 Å². The summed E-state index contributed by atoms with van der Waals surface area (Å²) >= 11 is 0. The van der Waals surface area contributed by atoms with E-state index in [1.165, 1.54) is 6.21 Å². The molecule has 0 aliphatic carbocycles. The summed E-state index contributed by atoms with van der Waals surface area (Å²) in [5.41, 5.74) is 0.762. The van der Waals surface area contributed by atoms with Gasteiger partial charge in [0.2, 0.25) is 0 Å². The Morgan fingerprint density at radius 2 is 2.08 bits per heavy atom. The summed E-state index contributed by atoms with van der Waals surface area (Å²) in [4.78, 5) is 0. The Balaban J connectivity index is 0.00000121. The number of methoxy groups -OCH3 is 1. The largest absolute Gasteiger partial charge is 0.496 e. The van der Waals surface area contributed by atoms with Gasteiger partial charge in [-0.1, -0.05) is 17.3 Å². The van der Waals surface area contributed by atoms with Crippen LogP contribution in [-0.4, -0.2) is 18.5 Å². The van der Waals surface area contributed by atoms with E-state index in [4.69, 9.17) is 9.94 Å². The first-order valence-corrected chi connectivity index (χ1v) is 3.19. The lowest BCUT2D eigenvalue weighted by molar-refractivity contribution is 0.321. The molecule has 1 aromatic rings. The minimum Gasteiger partial charge on any atom is -0.496 e. The quantitative estimate of drug-likeness (QED) is 0.400. The van der Waals surface area contributed by atoms with Crippen molar-refractivity contribution in [3.8, 4) is 5.75 Å². The van der Waals surface area contributed by atoms with Crippen molar-refractivity contribution in [3.05, 3.63) is 29.8 Å². The first kappa shape index (κ1) is 10.4. The SMILES string of the molecule is COc1ccccc1/C=N/O.N. The Kier molecular flexibility index (Phi) is 4.48. The Labute approximate surface area is 71.1 Å². The van der Waals surface area contributed by atoms with Crippen molar-refractivity contribution in [3.63, 3.8) is 0 Å². The Morgan fingerprint density at radius 3 is 2.67 bits per heavy atom. The second-order valence-electron chi connectivity index (χ2n) is 1.99. The van der Waals surface area contributed by atoms with Gasteiger partial charge in [0.1, 0.15) is 5.75 Å². The van der Waals surface area contributed by atoms with Crippen molar-refractivity contribution in [2.45, 2.75) is 0 Å². The molecule has 12 heavy (non-hydrogen) atoms. The van der Waals surface area contributed by atoms with Crippen molar-refractivity contribution in [2.75, 3.05) is 7.11 Å². The minimum absolute atomic E-state index is 0. The van der Waals surface area contributed by atoms with Crippen molar-refractivity contribution in [1.29, 1.82) is 0 Å². The fourth-order valence-corrected chi connectivity index (χ4v) is 0.835. The average Bonchev–Trinajstić information content (AvgIpc) is 2.06. The van der Waals surface area contributed by atoms with Crippen molar-refractivity contribution >= 4 is 6.21 Å². The highest BCUT2D eigenvalue weighted by Crippen LogP contribution is 2.14. The van der Waals surface area contributed by atoms with Crippen LogP contribution < -0.4 is 10.9 Å². The van der Waals surface area contributed by atoms with E-state index in [9.17, 15) is 0 Å². The van der Waals surface area contributed by atoms with Gasteiger partial charge in [-0.2, -0.15) is 0 Å². The van der Waals surface area contributed by atoms with Crippen LogP contribution in [-0.2, 0) is 0 Å². The van der Waals surface area contributed by atoms with E-state index in [0.717, 1.165) is 5.56 Å². The average molecular weight is 168 g/mol. The first-order valence-electron chi connectivity index (χ1n) is 3.19. The molecular weight excluding hydrogens is 156 g/mol. The standard InChI is InChI=1S/C8H9NO2.H3N/c1-11-8-5-3-2-4-7(8)6-9-10;/h2-6,10H,1H3;1H3/b9-6+;. The maximum absolute atomic E-state index is 8.25. The predicted molar refractivity (Wildman–Crippen MR) is 47.4 cm³/mol. The molecule has 0 heterocycles. The maximum Gasteiger partial charge on any atom is 0.127 e. The lowest BCUT2D eigenvalue weighted by Crippen LogP contribution is -1.89. The molecule has 0 amide bonds. The van der Waals surface area contributed by atoms with Crippen LogP contribution in [0.3, 0.4) is 0 Å². The normalized spacial score (nSPS) is 9.42. The second kappa shape index (κ2) is 5.15. The zero-order chi connectivity index (χ0) is 8.10. The maximum atomic E-state index is 8.25. The molecule has 4 N–H and O–H groups in total. The Hall–Kier alpha value is -1.55. The van der Waals surface area contributed by atoms with E-state index in [0.29, 0.717) is 5.75 Å². The molecule has 0 aliphatic heterocycles. The summed E-state index contributed by atoms with van der Waals surface area (Å²) < 4.78 is 5.00. The molecule has 4 nitrogen and oxygen atoms in total. The molecule has 0 radical (unpaired) electrons. The van der Waals surface area contributed by atoms with Crippen LogP contribution in [0.2, 0.25) is 0 Å². The summed E-state index contributed by atoms with van der Waals surface area (Å²) in [5, 5.41) is 11.2. The van der Waals surface area contributed by atoms with Crippen LogP contribution >= 0.6 is 0 Å². The van der Waals surface area contributed by atoms with Crippen molar-refractivity contribution in [1.82, 2.24) is 6.15 Å². The van der Waals surface area contributed by atoms with E-state index in [1.807, 2.05) is 12.1 Å². The molecule has 1 aromatic carbocycles. The first-order chi connectivity index (χ1) is 5.38. The van der Waals surface area contributed by atoms with Gasteiger partial charge in [-0.25, -0.2) is 0 Å². The number of ether oxygens (including phenoxy) is 1. The molecule has 0 bridgehead atoms. The van der Waals surface area contributed by atoms with Gasteiger partial charge in [0.05, 0.1) is 13.3 Å². The summed E-state index contributed by atoms with van der Waals surface area (Å²) in [6.07, 6.45) is 1.33. The summed E-state index contributed by atoms with van der Waals surface area (Å²) in [6, 6.07) is 7.31. The zero-order valence-electron chi connectivity index (χ0n) is 6.90. The van der Waals surface area contributed by atoms with Gasteiger partial charge in [-0.15, -0.1) is 0 Å². The molecule has 0 aromatic heterocycles. The highest BCUT2D eigenvalue weighted by Gasteiger charge is 1.95. The highest BCUT2D eigenvalue weighted by atomic mass is 16.5. The van der Waals surface area contributed by atoms with Crippen LogP contribution in [0.4, 0.5) is 0 Å². The van der Waals surface area contributed by atoms with Gasteiger partial charge < -0.3 is 16.1 Å². The number of hydrogen-bond donors (Lipinski definition) is 2. The Morgan fingerprint density at radius 1 is 1.42 bits per heavy atom. The number of rotatable bonds is 2. The van der Waals surface area contributed by atoms with Crippen molar-refractivity contribution in [2.24, 2.45) is 5.16 Å². The smallest absolute Gasteiger partial charge is 0.127 e. The molecule has 4 heteroatoms. The van der Waals surface area contributed by atoms with Crippen LogP contribution in [0, 0.1) is 0 Å². The van der Waals surface area contributed by atoms with Gasteiger partial charge >= 0.3 is 0 Å². The summed E-state index contributed by atoms with van der Waals surface area (Å²) in [7, 11) is 1.57. The van der Waals surface area contributed by atoms with Crippen LogP contribution in [0.15, 0.2) is 29.4 Å². The van der Waals surface area contributed by atoms with Gasteiger partial charge in [0.25, 0.3) is 0 Å². The van der Waals surface area contributed by atoms with Gasteiger partial charge in [0.15, 0.2) is 0 Å². The number of hydrogen-bond acceptors (Lipinski definition) is 4. The minimum atomic E-state index is 0. The highest BCUT2D eigenvalue weighted by molar-refractivity contribution is 5.82. The van der Waals surface area contributed by atoms with E-state index < -0.39 is 0 Å².